The van der Waals surface area contributed by atoms with Gasteiger partial charge in [0.15, 0.2) is 11.8 Å². The highest BCUT2D eigenvalue weighted by molar-refractivity contribution is 14.0. The summed E-state index contributed by atoms with van der Waals surface area (Å²) in [5.74, 6) is 3.62. The third-order valence-electron chi connectivity index (χ3n) is 4.84. The minimum absolute atomic E-state index is 0. The second kappa shape index (κ2) is 11.2. The van der Waals surface area contributed by atoms with Gasteiger partial charge in [-0.05, 0) is 37.0 Å². The first-order valence-electron chi connectivity index (χ1n) is 9.79. The van der Waals surface area contributed by atoms with Gasteiger partial charge in [-0.25, -0.2) is 4.99 Å². The van der Waals surface area contributed by atoms with Gasteiger partial charge in [0.25, 0.3) is 0 Å². The van der Waals surface area contributed by atoms with E-state index in [9.17, 15) is 0 Å². The Hall–Kier alpha value is -1.84. The van der Waals surface area contributed by atoms with Crippen LogP contribution in [0.2, 0.25) is 0 Å². The molecule has 0 spiro atoms. The van der Waals surface area contributed by atoms with Gasteiger partial charge in [-0.15, -0.1) is 34.2 Å². The number of aryl methyl sites for hydroxylation is 1. The lowest BCUT2D eigenvalue weighted by atomic mass is 10.1. The highest BCUT2D eigenvalue weighted by Crippen LogP contribution is 2.25. The maximum Gasteiger partial charge on any atom is 0.191 e. The molecule has 2 heterocycles. The van der Waals surface area contributed by atoms with Crippen molar-refractivity contribution in [3.63, 3.8) is 0 Å². The van der Waals surface area contributed by atoms with Crippen LogP contribution in [0.25, 0.3) is 0 Å². The molecule has 0 unspecified atom stereocenters. The SMILES string of the molecule is CCCCNC(=NCc1nnc(C)n1C)NCCc1ccc2c(c1)CCO2.I. The van der Waals surface area contributed by atoms with Gasteiger partial charge in [0.2, 0.25) is 0 Å². The molecule has 7 nitrogen and oxygen atoms in total. The lowest BCUT2D eigenvalue weighted by Gasteiger charge is -2.13. The van der Waals surface area contributed by atoms with Gasteiger partial charge in [-0.1, -0.05) is 25.5 Å². The van der Waals surface area contributed by atoms with Crippen LogP contribution in [-0.4, -0.2) is 40.4 Å². The first-order chi connectivity index (χ1) is 13.2. The molecule has 1 aliphatic rings. The van der Waals surface area contributed by atoms with Gasteiger partial charge in [0.1, 0.15) is 18.1 Å². The van der Waals surface area contributed by atoms with Crippen molar-refractivity contribution < 1.29 is 4.74 Å². The number of hydrogen-bond acceptors (Lipinski definition) is 4. The molecule has 8 heteroatoms. The Morgan fingerprint density at radius 2 is 2.07 bits per heavy atom. The number of halogens is 1. The number of guanidine groups is 1. The summed E-state index contributed by atoms with van der Waals surface area (Å²) < 4.78 is 7.55. The van der Waals surface area contributed by atoms with Crippen molar-refractivity contribution in [1.29, 1.82) is 0 Å². The summed E-state index contributed by atoms with van der Waals surface area (Å²) in [6.45, 7) is 7.18. The number of benzene rings is 1. The summed E-state index contributed by atoms with van der Waals surface area (Å²) >= 11 is 0. The summed E-state index contributed by atoms with van der Waals surface area (Å²) in [4.78, 5) is 4.68. The van der Waals surface area contributed by atoms with Gasteiger partial charge < -0.3 is 19.9 Å². The maximum absolute atomic E-state index is 5.58. The van der Waals surface area contributed by atoms with Gasteiger partial charge in [-0.2, -0.15) is 0 Å². The van der Waals surface area contributed by atoms with E-state index in [0.29, 0.717) is 6.54 Å². The number of aliphatic imine (C=N–C) groups is 1. The van der Waals surface area contributed by atoms with E-state index in [0.717, 1.165) is 68.7 Å². The standard InChI is InChI=1S/C20H30N6O.HI/c1-4-5-10-21-20(23-14-19-25-24-15(2)26(19)3)22-11-8-16-6-7-18-17(13-16)9-12-27-18;/h6-7,13H,4-5,8-12,14H2,1-3H3,(H2,21,22,23);1H. The summed E-state index contributed by atoms with van der Waals surface area (Å²) in [7, 11) is 1.97. The smallest absolute Gasteiger partial charge is 0.191 e. The van der Waals surface area contributed by atoms with Gasteiger partial charge in [0.05, 0.1) is 6.61 Å². The lowest BCUT2D eigenvalue weighted by molar-refractivity contribution is 0.357. The molecule has 2 N–H and O–H groups in total. The third-order valence-corrected chi connectivity index (χ3v) is 4.84. The summed E-state index contributed by atoms with van der Waals surface area (Å²) in [6, 6.07) is 6.49. The maximum atomic E-state index is 5.58. The number of ether oxygens (including phenoxy) is 1. The van der Waals surface area contributed by atoms with E-state index in [1.807, 2.05) is 18.5 Å². The largest absolute Gasteiger partial charge is 0.493 e. The molecular weight excluding hydrogens is 467 g/mol. The van der Waals surface area contributed by atoms with E-state index in [1.165, 1.54) is 11.1 Å². The summed E-state index contributed by atoms with van der Waals surface area (Å²) in [5.41, 5.74) is 2.64. The van der Waals surface area contributed by atoms with Gasteiger partial charge in [-0.3, -0.25) is 0 Å². The molecule has 154 valence electrons. The molecular formula is C20H31IN6O. The molecule has 1 aromatic carbocycles. The number of unbranched alkanes of at least 4 members (excludes halogenated alkanes) is 1. The molecule has 3 rings (SSSR count). The van der Waals surface area contributed by atoms with Gasteiger partial charge in [0, 0.05) is 26.6 Å². The fourth-order valence-corrected chi connectivity index (χ4v) is 3.02. The van der Waals surface area contributed by atoms with Crippen molar-refractivity contribution >= 4 is 29.9 Å². The molecule has 0 atom stereocenters. The van der Waals surface area contributed by atoms with Crippen molar-refractivity contribution in [3.05, 3.63) is 41.0 Å². The van der Waals surface area contributed by atoms with Crippen LogP contribution in [0.15, 0.2) is 23.2 Å². The zero-order valence-corrected chi connectivity index (χ0v) is 19.3. The number of nitrogens with zero attached hydrogens (tertiary/aromatic N) is 4. The predicted octanol–water partition coefficient (Wildman–Crippen LogP) is 2.75. The summed E-state index contributed by atoms with van der Waals surface area (Å²) in [6.07, 6.45) is 4.23. The van der Waals surface area contributed by atoms with Crippen LogP contribution < -0.4 is 15.4 Å². The molecule has 28 heavy (non-hydrogen) atoms. The number of nitrogens with one attached hydrogen (secondary N) is 2. The average molecular weight is 498 g/mol. The summed E-state index contributed by atoms with van der Waals surface area (Å²) in [5, 5.41) is 15.1. The first kappa shape index (κ1) is 22.4. The number of aromatic nitrogens is 3. The quantitative estimate of drug-likeness (QED) is 0.254. The minimum Gasteiger partial charge on any atom is -0.493 e. The van der Waals surface area contributed by atoms with E-state index in [-0.39, 0.29) is 24.0 Å². The predicted molar refractivity (Wildman–Crippen MR) is 123 cm³/mol. The van der Waals surface area contributed by atoms with E-state index < -0.39 is 0 Å². The normalized spacial score (nSPS) is 12.9. The molecule has 1 aromatic heterocycles. The fourth-order valence-electron chi connectivity index (χ4n) is 3.02. The Bertz CT molecular complexity index is 789. The van der Waals surface area contributed by atoms with Crippen LogP contribution in [0, 0.1) is 6.92 Å². The van der Waals surface area contributed by atoms with Crippen LogP contribution in [0.5, 0.6) is 5.75 Å². The Kier molecular flexibility index (Phi) is 9.01. The Balaban J connectivity index is 0.00000280. The Morgan fingerprint density at radius 1 is 1.25 bits per heavy atom. The molecule has 0 bridgehead atoms. The van der Waals surface area contributed by atoms with E-state index in [4.69, 9.17) is 4.74 Å². The first-order valence-corrected chi connectivity index (χ1v) is 9.79. The molecule has 0 saturated carbocycles. The van der Waals surface area contributed by atoms with Crippen molar-refractivity contribution in [2.75, 3.05) is 19.7 Å². The van der Waals surface area contributed by atoms with Crippen LogP contribution in [0.3, 0.4) is 0 Å². The Morgan fingerprint density at radius 3 is 2.82 bits per heavy atom. The highest BCUT2D eigenvalue weighted by atomic mass is 127. The van der Waals surface area contributed by atoms with Gasteiger partial charge >= 0.3 is 0 Å². The van der Waals surface area contributed by atoms with Crippen LogP contribution >= 0.6 is 24.0 Å². The number of fused-ring (bicyclic) bond motifs is 1. The minimum atomic E-state index is 0. The van der Waals surface area contributed by atoms with Crippen molar-refractivity contribution in [2.24, 2.45) is 12.0 Å². The molecule has 0 fully saturated rings. The van der Waals surface area contributed by atoms with E-state index >= 15 is 0 Å². The monoisotopic (exact) mass is 498 g/mol. The zero-order valence-electron chi connectivity index (χ0n) is 17.0. The Labute approximate surface area is 184 Å². The zero-order chi connectivity index (χ0) is 19.1. The third kappa shape index (κ3) is 6.08. The number of hydrogen-bond donors (Lipinski definition) is 2. The molecule has 0 amide bonds. The fraction of sp³-hybridized carbons (Fsp3) is 0.550. The highest BCUT2D eigenvalue weighted by Gasteiger charge is 2.12. The molecule has 0 aliphatic carbocycles. The van der Waals surface area contributed by atoms with Crippen molar-refractivity contribution in [3.8, 4) is 5.75 Å². The number of rotatable bonds is 8. The van der Waals surface area contributed by atoms with Crippen LogP contribution in [-0.2, 0) is 26.4 Å². The van der Waals surface area contributed by atoms with Crippen molar-refractivity contribution in [2.45, 2.75) is 46.1 Å². The van der Waals surface area contributed by atoms with Crippen molar-refractivity contribution in [1.82, 2.24) is 25.4 Å². The molecule has 1 aliphatic heterocycles. The molecule has 0 radical (unpaired) electrons. The average Bonchev–Trinajstić information content (AvgIpc) is 3.26. The molecule has 2 aromatic rings. The lowest BCUT2D eigenvalue weighted by Crippen LogP contribution is -2.39. The molecule has 0 saturated heterocycles. The second-order valence-electron chi connectivity index (χ2n) is 6.88. The van der Waals surface area contributed by atoms with E-state index in [2.05, 4.69) is 50.9 Å². The van der Waals surface area contributed by atoms with Crippen LogP contribution in [0.4, 0.5) is 0 Å². The van der Waals surface area contributed by atoms with Crippen LogP contribution in [0.1, 0.15) is 42.5 Å². The topological polar surface area (TPSA) is 76.4 Å². The second-order valence-corrected chi connectivity index (χ2v) is 6.88. The van der Waals surface area contributed by atoms with E-state index in [1.54, 1.807) is 0 Å².